The number of carboxylic acids is 1. The maximum atomic E-state index is 10.0. The van der Waals surface area contributed by atoms with E-state index < -0.39 is 11.4 Å². The molecule has 17 heavy (non-hydrogen) atoms. The molecule has 0 aliphatic carbocycles. The molecule has 3 nitrogen and oxygen atoms in total. The predicted octanol–water partition coefficient (Wildman–Crippen LogP) is 2.86. The van der Waals surface area contributed by atoms with Gasteiger partial charge in [0.1, 0.15) is 0 Å². The SMILES string of the molecule is CC(C)(C)C(=O)O.COc1cccc([CH2][Zn])c1. The molecule has 0 spiro atoms. The zero-order valence-electron chi connectivity index (χ0n) is 11.0. The van der Waals surface area contributed by atoms with Crippen molar-refractivity contribution < 1.29 is 32.9 Å². The van der Waals surface area contributed by atoms with Gasteiger partial charge in [0.15, 0.2) is 0 Å². The Balaban J connectivity index is 0.000000325. The van der Waals surface area contributed by atoms with Gasteiger partial charge in [-0.15, -0.1) is 0 Å². The summed E-state index contributed by atoms with van der Waals surface area (Å²) in [7, 11) is 1.70. The minimum atomic E-state index is -0.757. The fourth-order valence-corrected chi connectivity index (χ4v) is 1.48. The van der Waals surface area contributed by atoms with Gasteiger partial charge in [0, 0.05) is 0 Å². The summed E-state index contributed by atoms with van der Waals surface area (Å²) in [4.78, 5) is 10.0. The second-order valence-electron chi connectivity index (χ2n) is 4.66. The number of rotatable bonds is 2. The molecule has 0 aromatic heterocycles. The fraction of sp³-hybridized carbons (Fsp3) is 0.462. The van der Waals surface area contributed by atoms with Crippen LogP contribution in [0.3, 0.4) is 0 Å². The molecule has 0 saturated heterocycles. The van der Waals surface area contributed by atoms with E-state index in [1.54, 1.807) is 27.9 Å². The van der Waals surface area contributed by atoms with Crippen molar-refractivity contribution in [2.45, 2.75) is 25.8 Å². The Hall–Kier alpha value is -0.887. The quantitative estimate of drug-likeness (QED) is 0.851. The van der Waals surface area contributed by atoms with Crippen LogP contribution in [0.5, 0.6) is 5.75 Å². The molecule has 1 N–H and O–H groups in total. The third kappa shape index (κ3) is 7.11. The van der Waals surface area contributed by atoms with Crippen molar-refractivity contribution in [1.29, 1.82) is 0 Å². The summed E-state index contributed by atoms with van der Waals surface area (Å²) in [5.74, 6) is 0.207. The number of carbonyl (C=O) groups is 1. The average molecular weight is 289 g/mol. The van der Waals surface area contributed by atoms with E-state index in [9.17, 15) is 4.79 Å². The summed E-state index contributed by atoms with van der Waals surface area (Å²) in [5.41, 5.74) is 0.791. The van der Waals surface area contributed by atoms with Crippen LogP contribution in [0, 0.1) is 5.41 Å². The Morgan fingerprint density at radius 1 is 1.41 bits per heavy atom. The van der Waals surface area contributed by atoms with Crippen LogP contribution in [0.1, 0.15) is 26.3 Å². The van der Waals surface area contributed by atoms with E-state index in [-0.39, 0.29) is 0 Å². The van der Waals surface area contributed by atoms with Gasteiger partial charge < -0.3 is 5.11 Å². The van der Waals surface area contributed by atoms with Crippen molar-refractivity contribution >= 4 is 5.97 Å². The van der Waals surface area contributed by atoms with E-state index in [1.807, 2.05) is 12.1 Å². The van der Waals surface area contributed by atoms with Crippen molar-refractivity contribution in [3.8, 4) is 5.75 Å². The summed E-state index contributed by atoms with van der Waals surface area (Å²) < 4.78 is 5.07. The van der Waals surface area contributed by atoms with Gasteiger partial charge in [-0.05, 0) is 20.8 Å². The number of methoxy groups -OCH3 is 1. The van der Waals surface area contributed by atoms with Crippen LogP contribution < -0.4 is 4.74 Å². The molecule has 0 atom stereocenters. The average Bonchev–Trinajstić information content (AvgIpc) is 2.28. The molecule has 0 bridgehead atoms. The van der Waals surface area contributed by atoms with Crippen LogP contribution in [0.15, 0.2) is 24.3 Å². The fourth-order valence-electron chi connectivity index (χ4n) is 0.828. The number of benzene rings is 1. The van der Waals surface area contributed by atoms with Gasteiger partial charge in [0.25, 0.3) is 0 Å². The van der Waals surface area contributed by atoms with E-state index in [0.717, 1.165) is 5.75 Å². The van der Waals surface area contributed by atoms with E-state index >= 15 is 0 Å². The molecule has 0 aliphatic rings. The Morgan fingerprint density at radius 3 is 2.29 bits per heavy atom. The van der Waals surface area contributed by atoms with Gasteiger partial charge in [0.2, 0.25) is 0 Å². The van der Waals surface area contributed by atoms with Crippen LogP contribution in [-0.2, 0) is 28.1 Å². The Labute approximate surface area is 113 Å². The predicted molar refractivity (Wildman–Crippen MR) is 63.8 cm³/mol. The molecule has 0 fully saturated rings. The maximum absolute atomic E-state index is 10.0. The molecule has 1 rings (SSSR count). The first kappa shape index (κ1) is 16.1. The van der Waals surface area contributed by atoms with Gasteiger partial charge in [-0.1, -0.05) is 0 Å². The van der Waals surface area contributed by atoms with Gasteiger partial charge >= 0.3 is 76.7 Å². The number of carboxylic acid groups (broad SMARTS) is 1. The van der Waals surface area contributed by atoms with Crippen LogP contribution in [0.4, 0.5) is 0 Å². The van der Waals surface area contributed by atoms with Crippen molar-refractivity contribution in [1.82, 2.24) is 0 Å². The van der Waals surface area contributed by atoms with E-state index in [4.69, 9.17) is 9.84 Å². The molecule has 1 aromatic carbocycles. The summed E-state index contributed by atoms with van der Waals surface area (Å²) in [6.45, 7) is 4.99. The molecule has 91 valence electrons. The number of ether oxygens (including phenoxy) is 1. The monoisotopic (exact) mass is 287 g/mol. The zero-order valence-corrected chi connectivity index (χ0v) is 14.0. The molecule has 0 heterocycles. The van der Waals surface area contributed by atoms with Gasteiger partial charge in [-0.3, -0.25) is 4.79 Å². The molecule has 1 aromatic rings. The van der Waals surface area contributed by atoms with E-state index in [2.05, 4.69) is 12.1 Å². The van der Waals surface area contributed by atoms with Gasteiger partial charge in [-0.2, -0.15) is 0 Å². The summed E-state index contributed by atoms with van der Waals surface area (Å²) in [5, 5.41) is 9.44. The standard InChI is InChI=1S/C8H9O.C5H10O2.Zn/c1-7-4-3-5-8(6-7)9-2;1-5(2,3)4(6)7;/h3-6H,1H2,2H3;1-3H3,(H,6,7);. The third-order valence-corrected chi connectivity index (χ3v) is 3.28. The van der Waals surface area contributed by atoms with E-state index in [1.165, 1.54) is 28.9 Å². The van der Waals surface area contributed by atoms with Crippen molar-refractivity contribution in [3.63, 3.8) is 0 Å². The molecule has 0 unspecified atom stereocenters. The molecule has 0 amide bonds. The number of aliphatic carboxylic acids is 1. The third-order valence-electron chi connectivity index (χ3n) is 2.06. The van der Waals surface area contributed by atoms with Crippen LogP contribution >= 0.6 is 0 Å². The van der Waals surface area contributed by atoms with Crippen LogP contribution in [0.25, 0.3) is 0 Å². The molecular weight excluding hydrogens is 270 g/mol. The first-order valence-corrected chi connectivity index (χ1v) is 7.56. The summed E-state index contributed by atoms with van der Waals surface area (Å²) in [6, 6.07) is 8.22. The minimum absolute atomic E-state index is 0.583. The number of hydrogen-bond donors (Lipinski definition) is 1. The van der Waals surface area contributed by atoms with Crippen molar-refractivity contribution in [3.05, 3.63) is 29.8 Å². The van der Waals surface area contributed by atoms with Crippen molar-refractivity contribution in [2.75, 3.05) is 7.11 Å². The van der Waals surface area contributed by atoms with Crippen molar-refractivity contribution in [2.24, 2.45) is 5.41 Å². The topological polar surface area (TPSA) is 46.5 Å². The second-order valence-corrected chi connectivity index (χ2v) is 5.71. The second kappa shape index (κ2) is 7.44. The Bertz CT molecular complexity index is 337. The first-order valence-electron chi connectivity index (χ1n) is 5.47. The summed E-state index contributed by atoms with van der Waals surface area (Å²) in [6.07, 6.45) is 0. The normalized spacial score (nSPS) is 10.2. The molecule has 4 heteroatoms. The number of hydrogen-bond acceptors (Lipinski definition) is 2. The Morgan fingerprint density at radius 2 is 1.94 bits per heavy atom. The van der Waals surface area contributed by atoms with Gasteiger partial charge in [-0.25, -0.2) is 0 Å². The molecule has 0 radical (unpaired) electrons. The van der Waals surface area contributed by atoms with Gasteiger partial charge in [0.05, 0.1) is 5.41 Å². The molecule has 0 saturated carbocycles. The first-order chi connectivity index (χ1) is 7.81. The summed E-state index contributed by atoms with van der Waals surface area (Å²) >= 11 is 1.31. The molecule has 0 aliphatic heterocycles. The Kier molecular flexibility index (Phi) is 7.05. The van der Waals surface area contributed by atoms with E-state index in [0.29, 0.717) is 0 Å². The zero-order chi connectivity index (χ0) is 13.5. The van der Waals surface area contributed by atoms with Crippen LogP contribution in [-0.4, -0.2) is 18.2 Å². The molecular formula is C13H19O3Zn. The van der Waals surface area contributed by atoms with Crippen LogP contribution in [0.2, 0.25) is 0 Å².